The molecular weight excluding hydrogens is 428 g/mol. The summed E-state index contributed by atoms with van der Waals surface area (Å²) >= 11 is 4.66. The molecule has 2 rings (SSSR count). The average Bonchev–Trinajstić information content (AvgIpc) is 2.77. The predicted octanol–water partition coefficient (Wildman–Crippen LogP) is 5.29. The van der Waals surface area contributed by atoms with E-state index in [9.17, 15) is 10.1 Å². The molecule has 0 atom stereocenters. The number of carbonyl (C=O) groups is 1. The highest BCUT2D eigenvalue weighted by Gasteiger charge is 2.12. The Kier molecular flexibility index (Phi) is 14.0. The molecule has 0 radical (unpaired) electrons. The summed E-state index contributed by atoms with van der Waals surface area (Å²) in [4.78, 5) is 12.6. The molecule has 0 saturated heterocycles. The van der Waals surface area contributed by atoms with Gasteiger partial charge in [0.25, 0.3) is 0 Å². The molecular formula is C21H31O5S3-. The highest BCUT2D eigenvalue weighted by molar-refractivity contribution is 8.02. The molecule has 0 spiro atoms. The van der Waals surface area contributed by atoms with Crippen LogP contribution in [0.25, 0.3) is 0 Å². The number of carbonyl (C=O) groups excluding carboxylic acids is 1. The molecule has 0 N–H and O–H groups in total. The predicted molar refractivity (Wildman–Crippen MR) is 120 cm³/mol. The van der Waals surface area contributed by atoms with E-state index in [1.807, 2.05) is 23.5 Å². The van der Waals surface area contributed by atoms with Crippen LogP contribution in [0.2, 0.25) is 0 Å². The van der Waals surface area contributed by atoms with Crippen LogP contribution in [0.15, 0.2) is 29.2 Å². The lowest BCUT2D eigenvalue weighted by Crippen LogP contribution is -2.08. The number of esters is 1. The SMILES string of the molecule is O=C(OCCSCCSCCCCC1CCCCC1)c1ccc(SOO[O-])cc1. The van der Waals surface area contributed by atoms with Crippen LogP contribution in [-0.4, -0.2) is 35.6 Å². The maximum atomic E-state index is 12.0. The molecule has 0 amide bonds. The van der Waals surface area contributed by atoms with Crippen LogP contribution in [0.1, 0.15) is 61.7 Å². The second kappa shape index (κ2) is 16.3. The number of hydrogen-bond acceptors (Lipinski definition) is 8. The quantitative estimate of drug-likeness (QED) is 0.115. The van der Waals surface area contributed by atoms with Gasteiger partial charge in [0.2, 0.25) is 0 Å². The molecule has 1 aromatic rings. The molecule has 0 aliphatic heterocycles. The first kappa shape index (κ1) is 24.9. The minimum Gasteiger partial charge on any atom is -0.691 e. The number of rotatable bonds is 15. The third kappa shape index (κ3) is 11.5. The number of benzene rings is 1. The summed E-state index contributed by atoms with van der Waals surface area (Å²) in [6.45, 7) is 0.416. The number of unbranched alkanes of at least 4 members (excludes halogenated alkanes) is 1. The summed E-state index contributed by atoms with van der Waals surface area (Å²) in [6.07, 6.45) is 11.4. The highest BCUT2D eigenvalue weighted by atomic mass is 32.2. The summed E-state index contributed by atoms with van der Waals surface area (Å²) in [5.74, 6) is 5.01. The van der Waals surface area contributed by atoms with Crippen LogP contribution in [0.3, 0.4) is 0 Å². The van der Waals surface area contributed by atoms with E-state index in [0.29, 0.717) is 17.1 Å². The zero-order valence-electron chi connectivity index (χ0n) is 16.8. The Labute approximate surface area is 187 Å². The van der Waals surface area contributed by atoms with Gasteiger partial charge in [-0.3, -0.25) is 5.04 Å². The van der Waals surface area contributed by atoms with Crippen LogP contribution < -0.4 is 5.26 Å². The van der Waals surface area contributed by atoms with Crippen LogP contribution in [0.5, 0.6) is 0 Å². The molecule has 0 heterocycles. The Morgan fingerprint density at radius 3 is 2.41 bits per heavy atom. The molecule has 5 nitrogen and oxygen atoms in total. The van der Waals surface area contributed by atoms with Gasteiger partial charge in [-0.25, -0.2) is 4.79 Å². The number of thioether (sulfide) groups is 2. The van der Waals surface area contributed by atoms with Gasteiger partial charge in [-0.15, -0.1) is 0 Å². The van der Waals surface area contributed by atoms with E-state index in [1.54, 1.807) is 24.3 Å². The lowest BCUT2D eigenvalue weighted by Gasteiger charge is -2.21. The average molecular weight is 460 g/mol. The van der Waals surface area contributed by atoms with Crippen molar-refractivity contribution >= 4 is 41.5 Å². The van der Waals surface area contributed by atoms with Crippen molar-refractivity contribution in [1.29, 1.82) is 0 Å². The monoisotopic (exact) mass is 459 g/mol. The molecule has 1 aliphatic carbocycles. The lowest BCUT2D eigenvalue weighted by molar-refractivity contribution is -0.777. The van der Waals surface area contributed by atoms with Crippen LogP contribution >= 0.6 is 35.6 Å². The summed E-state index contributed by atoms with van der Waals surface area (Å²) in [5.41, 5.74) is 0.478. The first-order chi connectivity index (χ1) is 14.3. The van der Waals surface area contributed by atoms with Crippen molar-refractivity contribution in [1.82, 2.24) is 0 Å². The molecule has 1 fully saturated rings. The van der Waals surface area contributed by atoms with Crippen molar-refractivity contribution < 1.29 is 24.2 Å². The van der Waals surface area contributed by atoms with Gasteiger partial charge in [-0.1, -0.05) is 44.9 Å². The van der Waals surface area contributed by atoms with Gasteiger partial charge in [0, 0.05) is 22.2 Å². The van der Waals surface area contributed by atoms with Crippen molar-refractivity contribution in [3.63, 3.8) is 0 Å². The maximum Gasteiger partial charge on any atom is 0.338 e. The third-order valence-electron chi connectivity index (χ3n) is 4.96. The molecule has 8 heteroatoms. The van der Waals surface area contributed by atoms with E-state index in [2.05, 4.69) is 9.37 Å². The van der Waals surface area contributed by atoms with Gasteiger partial charge >= 0.3 is 5.97 Å². The van der Waals surface area contributed by atoms with Gasteiger partial charge in [0.05, 0.1) is 17.6 Å². The molecule has 29 heavy (non-hydrogen) atoms. The molecule has 0 aromatic heterocycles. The fourth-order valence-electron chi connectivity index (χ4n) is 3.41. The Hall–Kier alpha value is -0.380. The zero-order chi connectivity index (χ0) is 20.6. The topological polar surface area (TPSA) is 67.8 Å². The smallest absolute Gasteiger partial charge is 0.338 e. The second-order valence-corrected chi connectivity index (χ2v) is 10.3. The minimum absolute atomic E-state index is 0.338. The van der Waals surface area contributed by atoms with E-state index < -0.39 is 0 Å². The Balaban J connectivity index is 1.39. The van der Waals surface area contributed by atoms with Crippen molar-refractivity contribution in [2.75, 3.05) is 29.6 Å². The first-order valence-corrected chi connectivity index (χ1v) is 13.4. The van der Waals surface area contributed by atoms with Crippen molar-refractivity contribution in [3.8, 4) is 0 Å². The number of hydrogen-bond donors (Lipinski definition) is 0. The second-order valence-electron chi connectivity index (χ2n) is 7.10. The molecule has 1 aromatic carbocycles. The normalized spacial score (nSPS) is 14.8. The van der Waals surface area contributed by atoms with Gasteiger partial charge in [-0.2, -0.15) is 27.9 Å². The summed E-state index contributed by atoms with van der Waals surface area (Å²) < 4.78 is 9.51. The first-order valence-electron chi connectivity index (χ1n) is 10.4. The highest BCUT2D eigenvalue weighted by Crippen LogP contribution is 2.28. The van der Waals surface area contributed by atoms with Crippen molar-refractivity contribution in [2.45, 2.75) is 56.3 Å². The lowest BCUT2D eigenvalue weighted by atomic mass is 9.86. The summed E-state index contributed by atoms with van der Waals surface area (Å²) in [6, 6.07) is 6.61. The largest absolute Gasteiger partial charge is 0.691 e. The Morgan fingerprint density at radius 1 is 0.966 bits per heavy atom. The van der Waals surface area contributed by atoms with Crippen molar-refractivity contribution in [2.24, 2.45) is 5.92 Å². The van der Waals surface area contributed by atoms with Gasteiger partial charge < -0.3 is 9.99 Å². The number of ether oxygens (including phenoxy) is 1. The summed E-state index contributed by atoms with van der Waals surface area (Å²) in [5, 5.41) is 13.1. The van der Waals surface area contributed by atoms with Crippen LogP contribution in [-0.2, 0) is 14.1 Å². The summed E-state index contributed by atoms with van der Waals surface area (Å²) in [7, 11) is 0. The minimum atomic E-state index is -0.338. The van der Waals surface area contributed by atoms with Gasteiger partial charge in [0.1, 0.15) is 6.61 Å². The molecule has 0 bridgehead atoms. The third-order valence-corrected chi connectivity index (χ3v) is 7.82. The molecule has 0 unspecified atom stereocenters. The standard InChI is InChI=1S/C21H32O5S3/c22-21(19-9-11-20(12-10-19)29-26-25-23)24-13-15-28-17-16-27-14-5-4-8-18-6-2-1-3-7-18/h9-12,18,23H,1-8,13-17H2/p-1. The molecule has 1 saturated carbocycles. The van der Waals surface area contributed by atoms with Crippen molar-refractivity contribution in [3.05, 3.63) is 29.8 Å². The Morgan fingerprint density at radius 2 is 1.69 bits per heavy atom. The van der Waals surface area contributed by atoms with E-state index in [4.69, 9.17) is 4.74 Å². The van der Waals surface area contributed by atoms with E-state index in [1.165, 1.54) is 57.1 Å². The maximum absolute atomic E-state index is 12.0. The van der Waals surface area contributed by atoms with E-state index in [-0.39, 0.29) is 5.97 Å². The zero-order valence-corrected chi connectivity index (χ0v) is 19.3. The van der Waals surface area contributed by atoms with Crippen LogP contribution in [0, 0.1) is 5.92 Å². The van der Waals surface area contributed by atoms with E-state index in [0.717, 1.165) is 35.2 Å². The molecule has 164 valence electrons. The Bertz CT molecular complexity index is 550. The fourth-order valence-corrected chi connectivity index (χ4v) is 5.73. The van der Waals surface area contributed by atoms with E-state index >= 15 is 0 Å². The molecule has 1 aliphatic rings. The van der Waals surface area contributed by atoms with Crippen LogP contribution in [0.4, 0.5) is 0 Å². The van der Waals surface area contributed by atoms with Gasteiger partial charge in [0.15, 0.2) is 0 Å². The van der Waals surface area contributed by atoms with Gasteiger partial charge in [-0.05, 0) is 42.4 Å². The fraction of sp³-hybridized carbons (Fsp3) is 0.667.